The third kappa shape index (κ3) is 3.67. The molecule has 2 bridgehead atoms. The second-order valence-corrected chi connectivity index (χ2v) is 7.23. The van der Waals surface area contributed by atoms with E-state index in [-0.39, 0.29) is 23.6 Å². The number of piperidine rings is 1. The monoisotopic (exact) mass is 386 g/mol. The minimum atomic E-state index is -0.819. The Hall–Kier alpha value is -3.03. The van der Waals surface area contributed by atoms with Crippen molar-refractivity contribution in [3.8, 4) is 0 Å². The first-order valence-electron chi connectivity index (χ1n) is 9.24. The van der Waals surface area contributed by atoms with Crippen LogP contribution in [0.2, 0.25) is 0 Å². The minimum absolute atomic E-state index is 0.0621. The van der Waals surface area contributed by atoms with Crippen LogP contribution < -0.4 is 5.32 Å². The van der Waals surface area contributed by atoms with Gasteiger partial charge in [0, 0.05) is 31.9 Å². The summed E-state index contributed by atoms with van der Waals surface area (Å²) in [5.74, 6) is -1.52. The molecule has 146 valence electrons. The maximum Gasteiger partial charge on any atom is 0.322 e. The first kappa shape index (κ1) is 18.3. The molecule has 1 aromatic heterocycles. The molecule has 0 aliphatic carbocycles. The number of rotatable bonds is 2. The first-order chi connectivity index (χ1) is 13.5. The third-order valence-corrected chi connectivity index (χ3v) is 5.32. The number of aromatic nitrogens is 1. The van der Waals surface area contributed by atoms with Crippen LogP contribution in [0.4, 0.5) is 19.3 Å². The predicted octanol–water partition coefficient (Wildman–Crippen LogP) is 3.13. The van der Waals surface area contributed by atoms with Gasteiger partial charge in [0.1, 0.15) is 17.3 Å². The average Bonchev–Trinajstić information content (AvgIpc) is 3.02. The Balaban J connectivity index is 1.48. The van der Waals surface area contributed by atoms with Crippen LogP contribution in [0.15, 0.2) is 42.6 Å². The number of hydrogen-bond donors (Lipinski definition) is 1. The Morgan fingerprint density at radius 1 is 1.07 bits per heavy atom. The van der Waals surface area contributed by atoms with Gasteiger partial charge < -0.3 is 15.1 Å². The van der Waals surface area contributed by atoms with Crippen LogP contribution in [0.25, 0.3) is 0 Å². The van der Waals surface area contributed by atoms with Crippen molar-refractivity contribution >= 4 is 17.6 Å². The van der Waals surface area contributed by atoms with Crippen molar-refractivity contribution in [2.75, 3.05) is 25.0 Å². The highest BCUT2D eigenvalue weighted by molar-refractivity contribution is 5.93. The fourth-order valence-electron chi connectivity index (χ4n) is 3.93. The topological polar surface area (TPSA) is 65.5 Å². The van der Waals surface area contributed by atoms with Crippen LogP contribution in [-0.2, 0) is 0 Å². The van der Waals surface area contributed by atoms with E-state index >= 15 is 0 Å². The number of carbonyl (C=O) groups excluding carboxylic acids is 2. The lowest BCUT2D eigenvalue weighted by molar-refractivity contribution is 0.0737. The molecule has 3 saturated heterocycles. The number of urea groups is 1. The summed E-state index contributed by atoms with van der Waals surface area (Å²) in [6.45, 7) is 1.46. The first-order valence-corrected chi connectivity index (χ1v) is 9.24. The van der Waals surface area contributed by atoms with Crippen molar-refractivity contribution in [3.63, 3.8) is 0 Å². The summed E-state index contributed by atoms with van der Waals surface area (Å²) >= 11 is 0. The van der Waals surface area contributed by atoms with Gasteiger partial charge in [-0.1, -0.05) is 6.07 Å². The summed E-state index contributed by atoms with van der Waals surface area (Å²) in [5, 5.41) is 2.53. The third-order valence-electron chi connectivity index (χ3n) is 5.32. The molecule has 3 aliphatic heterocycles. The van der Waals surface area contributed by atoms with E-state index in [4.69, 9.17) is 0 Å². The number of fused-ring (bicyclic) bond motifs is 4. The van der Waals surface area contributed by atoms with Gasteiger partial charge in [0.2, 0.25) is 0 Å². The van der Waals surface area contributed by atoms with Gasteiger partial charge in [-0.2, -0.15) is 0 Å². The van der Waals surface area contributed by atoms with E-state index in [9.17, 15) is 18.4 Å². The highest BCUT2D eigenvalue weighted by atomic mass is 19.1. The summed E-state index contributed by atoms with van der Waals surface area (Å²) < 4.78 is 26.9. The number of anilines is 1. The summed E-state index contributed by atoms with van der Waals surface area (Å²) in [5.41, 5.74) is 0.320. The van der Waals surface area contributed by atoms with E-state index in [1.54, 1.807) is 34.2 Å². The second kappa shape index (κ2) is 7.53. The van der Waals surface area contributed by atoms with Crippen molar-refractivity contribution in [2.24, 2.45) is 5.92 Å². The number of carbonyl (C=O) groups is 2. The summed E-state index contributed by atoms with van der Waals surface area (Å²) in [6, 6.07) is 7.64. The average molecular weight is 386 g/mol. The number of hydrogen-bond acceptors (Lipinski definition) is 3. The largest absolute Gasteiger partial charge is 0.335 e. The lowest BCUT2D eigenvalue weighted by atomic mass is 9.95. The normalized spacial score (nSPS) is 21.4. The number of nitrogens with zero attached hydrogens (tertiary/aromatic N) is 3. The summed E-state index contributed by atoms with van der Waals surface area (Å²) in [4.78, 5) is 33.0. The molecule has 0 radical (unpaired) electrons. The SMILES string of the molecule is O=C(c1ccccn1)N1C[C@@H]2CC[C@H](C1)N(C(=O)Nc1ccc(F)cc1F)C2. The predicted molar refractivity (Wildman–Crippen MR) is 98.7 cm³/mol. The van der Waals surface area contributed by atoms with E-state index in [0.717, 1.165) is 25.0 Å². The van der Waals surface area contributed by atoms with Crippen LogP contribution in [0, 0.1) is 17.6 Å². The molecular formula is C20H20F2N4O2. The molecule has 8 heteroatoms. The van der Waals surface area contributed by atoms with Crippen LogP contribution in [-0.4, -0.2) is 52.4 Å². The van der Waals surface area contributed by atoms with E-state index in [1.165, 1.54) is 6.07 Å². The fourth-order valence-corrected chi connectivity index (χ4v) is 3.93. The van der Waals surface area contributed by atoms with Crippen LogP contribution in [0.3, 0.4) is 0 Å². The highest BCUT2D eigenvalue weighted by Crippen LogP contribution is 2.29. The Morgan fingerprint density at radius 2 is 1.93 bits per heavy atom. The molecule has 5 rings (SSSR count). The van der Waals surface area contributed by atoms with Gasteiger partial charge in [-0.05, 0) is 43.0 Å². The zero-order valence-corrected chi connectivity index (χ0v) is 15.1. The van der Waals surface area contributed by atoms with Crippen molar-refractivity contribution in [1.82, 2.24) is 14.8 Å². The molecule has 4 heterocycles. The standard InChI is InChI=1S/C20H20F2N4O2/c21-14-5-7-17(16(22)9-14)24-20(28)26-11-13-4-6-15(26)12-25(10-13)19(27)18-3-1-2-8-23-18/h1-3,5,7-9,13,15H,4,6,10-12H2,(H,24,28)/t13-,15+/m0/s1. The van der Waals surface area contributed by atoms with Crippen molar-refractivity contribution in [1.29, 1.82) is 0 Å². The van der Waals surface area contributed by atoms with Gasteiger partial charge in [-0.15, -0.1) is 0 Å². The molecule has 0 saturated carbocycles. The number of amides is 3. The molecule has 6 nitrogen and oxygen atoms in total. The van der Waals surface area contributed by atoms with Gasteiger partial charge in [-0.25, -0.2) is 13.6 Å². The van der Waals surface area contributed by atoms with Gasteiger partial charge in [0.25, 0.3) is 5.91 Å². The summed E-state index contributed by atoms with van der Waals surface area (Å²) in [6.07, 6.45) is 3.28. The maximum absolute atomic E-state index is 13.9. The smallest absolute Gasteiger partial charge is 0.322 e. The lowest BCUT2D eigenvalue weighted by Gasteiger charge is -2.36. The molecule has 2 aromatic rings. The molecular weight excluding hydrogens is 366 g/mol. The van der Waals surface area contributed by atoms with Gasteiger partial charge in [0.15, 0.2) is 0 Å². The fraction of sp³-hybridized carbons (Fsp3) is 0.350. The molecule has 0 unspecified atom stereocenters. The Bertz CT molecular complexity index is 893. The molecule has 3 fully saturated rings. The lowest BCUT2D eigenvalue weighted by Crippen LogP contribution is -2.49. The highest BCUT2D eigenvalue weighted by Gasteiger charge is 2.39. The maximum atomic E-state index is 13.9. The van der Waals surface area contributed by atoms with Gasteiger partial charge in [0.05, 0.1) is 11.7 Å². The number of benzene rings is 1. The molecule has 1 N–H and O–H groups in total. The molecule has 1 aromatic carbocycles. The van der Waals surface area contributed by atoms with Crippen LogP contribution in [0.1, 0.15) is 23.3 Å². The summed E-state index contributed by atoms with van der Waals surface area (Å²) in [7, 11) is 0. The zero-order valence-electron chi connectivity index (χ0n) is 15.1. The van der Waals surface area contributed by atoms with Crippen LogP contribution in [0.5, 0.6) is 0 Å². The zero-order chi connectivity index (χ0) is 19.7. The van der Waals surface area contributed by atoms with Crippen LogP contribution >= 0.6 is 0 Å². The Morgan fingerprint density at radius 3 is 2.68 bits per heavy atom. The molecule has 0 spiro atoms. The van der Waals surface area contributed by atoms with Gasteiger partial charge >= 0.3 is 6.03 Å². The molecule has 3 amide bonds. The molecule has 2 atom stereocenters. The van der Waals surface area contributed by atoms with E-state index in [2.05, 4.69) is 10.3 Å². The minimum Gasteiger partial charge on any atom is -0.335 e. The second-order valence-electron chi connectivity index (χ2n) is 7.23. The number of nitrogens with one attached hydrogen (secondary N) is 1. The Kier molecular flexibility index (Phi) is 4.93. The van der Waals surface area contributed by atoms with E-state index < -0.39 is 17.7 Å². The van der Waals surface area contributed by atoms with Crippen molar-refractivity contribution in [2.45, 2.75) is 18.9 Å². The van der Waals surface area contributed by atoms with Crippen molar-refractivity contribution in [3.05, 3.63) is 59.9 Å². The molecule has 3 aliphatic rings. The van der Waals surface area contributed by atoms with Crippen molar-refractivity contribution < 1.29 is 18.4 Å². The number of halogens is 2. The number of pyridine rings is 1. The molecule has 28 heavy (non-hydrogen) atoms. The Labute approximate surface area is 161 Å². The van der Waals surface area contributed by atoms with E-state index in [0.29, 0.717) is 25.3 Å². The van der Waals surface area contributed by atoms with Gasteiger partial charge in [-0.3, -0.25) is 9.78 Å². The van der Waals surface area contributed by atoms with E-state index in [1.807, 2.05) is 0 Å². The quantitative estimate of drug-likeness (QED) is 0.863.